The van der Waals surface area contributed by atoms with Crippen LogP contribution in [0.2, 0.25) is 0 Å². The van der Waals surface area contributed by atoms with Gasteiger partial charge >= 0.3 is 7.12 Å². The molecule has 0 unspecified atom stereocenters. The van der Waals surface area contributed by atoms with E-state index >= 15 is 0 Å². The molecule has 1 aliphatic heterocycles. The van der Waals surface area contributed by atoms with Crippen LogP contribution < -0.4 is 5.59 Å². The lowest BCUT2D eigenvalue weighted by Gasteiger charge is -2.32. The van der Waals surface area contributed by atoms with Crippen LogP contribution in [0.5, 0.6) is 0 Å². The van der Waals surface area contributed by atoms with Crippen molar-refractivity contribution >= 4 is 12.7 Å². The van der Waals surface area contributed by atoms with E-state index in [1.807, 2.05) is 17.9 Å². The summed E-state index contributed by atoms with van der Waals surface area (Å²) in [5, 5.41) is 4.31. The first-order chi connectivity index (χ1) is 9.28. The molecule has 0 spiro atoms. The first-order valence-electron chi connectivity index (χ1n) is 7.22. The van der Waals surface area contributed by atoms with Crippen molar-refractivity contribution in [2.45, 2.75) is 58.8 Å². The molecule has 6 heteroatoms. The van der Waals surface area contributed by atoms with E-state index in [1.54, 1.807) is 0 Å². The first kappa shape index (κ1) is 15.5. The van der Waals surface area contributed by atoms with Crippen LogP contribution in [0.4, 0.5) is 0 Å². The van der Waals surface area contributed by atoms with Gasteiger partial charge in [-0.2, -0.15) is 5.10 Å². The Morgan fingerprint density at radius 1 is 1.25 bits per heavy atom. The molecule has 112 valence electrons. The molecule has 0 aromatic carbocycles. The van der Waals surface area contributed by atoms with Crippen LogP contribution >= 0.6 is 0 Å². The topological polar surface area (TPSA) is 45.5 Å². The van der Waals surface area contributed by atoms with Crippen molar-refractivity contribution in [3.63, 3.8) is 0 Å². The SMILES string of the molecule is CCCOCc1cnn(C)c1B1OC(C)(C)C(C)(C)O1. The highest BCUT2D eigenvalue weighted by atomic mass is 16.7. The predicted molar refractivity (Wildman–Crippen MR) is 78.9 cm³/mol. The highest BCUT2D eigenvalue weighted by molar-refractivity contribution is 6.61. The van der Waals surface area contributed by atoms with Gasteiger partial charge in [0.25, 0.3) is 0 Å². The number of aryl methyl sites for hydroxylation is 1. The lowest BCUT2D eigenvalue weighted by Crippen LogP contribution is -2.41. The van der Waals surface area contributed by atoms with Crippen LogP contribution in [-0.2, 0) is 27.7 Å². The Morgan fingerprint density at radius 3 is 2.40 bits per heavy atom. The number of nitrogens with zero attached hydrogens (tertiary/aromatic N) is 2. The third kappa shape index (κ3) is 2.78. The Bertz CT molecular complexity index is 455. The molecule has 0 radical (unpaired) electrons. The van der Waals surface area contributed by atoms with Crippen LogP contribution in [0.3, 0.4) is 0 Å². The molecule has 1 fully saturated rings. The van der Waals surface area contributed by atoms with Crippen LogP contribution in [-0.4, -0.2) is 34.7 Å². The Hall–Kier alpha value is -0.845. The minimum absolute atomic E-state index is 0.344. The zero-order valence-electron chi connectivity index (χ0n) is 13.4. The van der Waals surface area contributed by atoms with Crippen LogP contribution in [0.1, 0.15) is 46.6 Å². The third-order valence-electron chi connectivity index (χ3n) is 4.15. The third-order valence-corrected chi connectivity index (χ3v) is 4.15. The van der Waals surface area contributed by atoms with Crippen LogP contribution in [0.15, 0.2) is 6.20 Å². The standard InChI is InChI=1S/C14H25BN2O3/c1-7-8-18-10-11-9-16-17(6)12(11)15-19-13(2,3)14(4,5)20-15/h9H,7-8,10H2,1-6H3. The first-order valence-corrected chi connectivity index (χ1v) is 7.22. The van der Waals surface area contributed by atoms with Gasteiger partial charge in [-0.15, -0.1) is 0 Å². The van der Waals surface area contributed by atoms with Gasteiger partial charge in [-0.25, -0.2) is 0 Å². The maximum absolute atomic E-state index is 6.10. The van der Waals surface area contributed by atoms with Gasteiger partial charge in [-0.05, 0) is 34.1 Å². The van der Waals surface area contributed by atoms with Crippen molar-refractivity contribution in [3.8, 4) is 0 Å². The lowest BCUT2D eigenvalue weighted by molar-refractivity contribution is 0.00578. The molecule has 1 aromatic rings. The van der Waals surface area contributed by atoms with Crippen molar-refractivity contribution < 1.29 is 14.0 Å². The molecule has 1 aromatic heterocycles. The number of hydrogen-bond donors (Lipinski definition) is 0. The van der Waals surface area contributed by atoms with Gasteiger partial charge in [-0.1, -0.05) is 6.92 Å². The second kappa shape index (κ2) is 5.50. The molecule has 2 heterocycles. The molecule has 1 saturated heterocycles. The maximum atomic E-state index is 6.10. The predicted octanol–water partition coefficient (Wildman–Crippen LogP) is 1.65. The van der Waals surface area contributed by atoms with Crippen molar-refractivity contribution in [3.05, 3.63) is 11.8 Å². The molecule has 2 rings (SSSR count). The molecular weight excluding hydrogens is 255 g/mol. The van der Waals surface area contributed by atoms with Crippen molar-refractivity contribution in [1.29, 1.82) is 0 Å². The Morgan fingerprint density at radius 2 is 1.85 bits per heavy atom. The normalized spacial score (nSPS) is 20.6. The monoisotopic (exact) mass is 280 g/mol. The van der Waals surface area contributed by atoms with E-state index < -0.39 is 7.12 Å². The Labute approximate surface area is 121 Å². The van der Waals surface area contributed by atoms with Gasteiger partial charge < -0.3 is 14.0 Å². The average molecular weight is 280 g/mol. The van der Waals surface area contributed by atoms with Crippen molar-refractivity contribution in [1.82, 2.24) is 9.78 Å². The summed E-state index contributed by atoms with van der Waals surface area (Å²) in [6.45, 7) is 11.6. The smallest absolute Gasteiger partial charge is 0.398 e. The highest BCUT2D eigenvalue weighted by Crippen LogP contribution is 2.36. The highest BCUT2D eigenvalue weighted by Gasteiger charge is 2.53. The second-order valence-corrected chi connectivity index (χ2v) is 6.32. The molecule has 1 aliphatic rings. The van der Waals surface area contributed by atoms with Crippen LogP contribution in [0.25, 0.3) is 0 Å². The van der Waals surface area contributed by atoms with E-state index in [2.05, 4.69) is 39.7 Å². The lowest BCUT2D eigenvalue weighted by atomic mass is 9.82. The Kier molecular flexibility index (Phi) is 4.28. The molecule has 5 nitrogen and oxygen atoms in total. The van der Waals surface area contributed by atoms with Crippen LogP contribution in [0, 0.1) is 0 Å². The number of rotatable bonds is 5. The fraction of sp³-hybridized carbons (Fsp3) is 0.786. The minimum Gasteiger partial charge on any atom is -0.398 e. The van der Waals surface area contributed by atoms with E-state index in [4.69, 9.17) is 14.0 Å². The maximum Gasteiger partial charge on any atom is 0.514 e. The molecule has 20 heavy (non-hydrogen) atoms. The van der Waals surface area contributed by atoms with Gasteiger partial charge in [0.1, 0.15) is 0 Å². The summed E-state index contributed by atoms with van der Waals surface area (Å²) in [5.74, 6) is 0. The molecule has 0 bridgehead atoms. The van der Waals surface area contributed by atoms with Crippen molar-refractivity contribution in [2.75, 3.05) is 6.61 Å². The van der Waals surface area contributed by atoms with Gasteiger partial charge in [0.05, 0.1) is 29.6 Å². The summed E-state index contributed by atoms with van der Waals surface area (Å²) >= 11 is 0. The fourth-order valence-electron chi connectivity index (χ4n) is 2.19. The van der Waals surface area contributed by atoms with E-state index in [0.717, 1.165) is 24.2 Å². The summed E-state index contributed by atoms with van der Waals surface area (Å²) in [6.07, 6.45) is 2.84. The minimum atomic E-state index is -0.396. The zero-order valence-corrected chi connectivity index (χ0v) is 13.4. The van der Waals surface area contributed by atoms with E-state index in [9.17, 15) is 0 Å². The van der Waals surface area contributed by atoms with E-state index in [-0.39, 0.29) is 11.2 Å². The van der Waals surface area contributed by atoms with Crippen molar-refractivity contribution in [2.24, 2.45) is 7.05 Å². The zero-order chi connectivity index (χ0) is 15.0. The summed E-state index contributed by atoms with van der Waals surface area (Å²) < 4.78 is 19.6. The van der Waals surface area contributed by atoms with E-state index in [0.29, 0.717) is 6.61 Å². The molecular formula is C14H25BN2O3. The molecule has 0 aliphatic carbocycles. The number of aromatic nitrogens is 2. The molecule has 0 saturated carbocycles. The molecule has 0 N–H and O–H groups in total. The summed E-state index contributed by atoms with van der Waals surface area (Å²) in [6, 6.07) is 0. The summed E-state index contributed by atoms with van der Waals surface area (Å²) in [5.41, 5.74) is 1.28. The van der Waals surface area contributed by atoms with Gasteiger partial charge in [0.2, 0.25) is 0 Å². The molecule has 0 atom stereocenters. The summed E-state index contributed by atoms with van der Waals surface area (Å²) in [4.78, 5) is 0. The average Bonchev–Trinajstić information content (AvgIpc) is 2.78. The largest absolute Gasteiger partial charge is 0.514 e. The number of hydrogen-bond acceptors (Lipinski definition) is 4. The molecule has 0 amide bonds. The quantitative estimate of drug-likeness (QED) is 0.607. The number of ether oxygens (including phenoxy) is 1. The van der Waals surface area contributed by atoms with Gasteiger partial charge in [-0.3, -0.25) is 4.68 Å². The fourth-order valence-corrected chi connectivity index (χ4v) is 2.19. The second-order valence-electron chi connectivity index (χ2n) is 6.32. The summed E-state index contributed by atoms with van der Waals surface area (Å²) in [7, 11) is 1.51. The Balaban J connectivity index is 2.19. The van der Waals surface area contributed by atoms with E-state index in [1.165, 1.54) is 0 Å². The van der Waals surface area contributed by atoms with Gasteiger partial charge in [0.15, 0.2) is 0 Å². The van der Waals surface area contributed by atoms with Gasteiger partial charge in [0, 0.05) is 19.2 Å².